The standard InChI is InChI=1S/C19H19N3O4S/c1-20-18(24)16(27-19(20)25)10-13-11-22(15-5-3-2-4-14(13)15)12-17(23)21-6-8-26-9-7-21/h2-5,10-11H,6-9,12H2,1H3/b16-10-. The summed E-state index contributed by atoms with van der Waals surface area (Å²) in [5, 5.41) is 0.660. The fourth-order valence-corrected chi connectivity index (χ4v) is 4.08. The minimum Gasteiger partial charge on any atom is -0.378 e. The highest BCUT2D eigenvalue weighted by Gasteiger charge is 2.32. The van der Waals surface area contributed by atoms with Crippen molar-refractivity contribution in [3.8, 4) is 0 Å². The molecular formula is C19H19N3O4S. The molecule has 140 valence electrons. The van der Waals surface area contributed by atoms with Crippen molar-refractivity contribution in [1.82, 2.24) is 14.4 Å². The molecule has 0 N–H and O–H groups in total. The number of aromatic nitrogens is 1. The largest absolute Gasteiger partial charge is 0.378 e. The molecule has 2 aliphatic rings. The highest BCUT2D eigenvalue weighted by molar-refractivity contribution is 8.18. The van der Waals surface area contributed by atoms with Crippen molar-refractivity contribution in [2.45, 2.75) is 6.54 Å². The second kappa shape index (κ2) is 7.21. The Morgan fingerprint density at radius 3 is 2.67 bits per heavy atom. The molecule has 7 nitrogen and oxygen atoms in total. The summed E-state index contributed by atoms with van der Waals surface area (Å²) in [6.07, 6.45) is 3.60. The Morgan fingerprint density at radius 2 is 1.96 bits per heavy atom. The van der Waals surface area contributed by atoms with Gasteiger partial charge in [-0.15, -0.1) is 0 Å². The Kier molecular flexibility index (Phi) is 4.75. The SMILES string of the molecule is CN1C(=O)S/C(=C\c2cn(CC(=O)N3CCOCC3)c3ccccc23)C1=O. The maximum atomic E-state index is 12.6. The third-order valence-electron chi connectivity index (χ3n) is 4.76. The minimum absolute atomic E-state index is 0.0412. The number of rotatable bonds is 3. The number of amides is 3. The third-order valence-corrected chi connectivity index (χ3v) is 5.72. The number of likely N-dealkylation sites (N-methyl/N-ethyl adjacent to an activating group) is 1. The summed E-state index contributed by atoms with van der Waals surface area (Å²) in [4.78, 5) is 39.9. The molecule has 3 heterocycles. The lowest BCUT2D eigenvalue weighted by atomic mass is 10.1. The average molecular weight is 385 g/mol. The molecule has 2 aliphatic heterocycles. The van der Waals surface area contributed by atoms with Crippen LogP contribution in [0.3, 0.4) is 0 Å². The van der Waals surface area contributed by atoms with Crippen molar-refractivity contribution in [2.75, 3.05) is 33.4 Å². The van der Waals surface area contributed by atoms with Gasteiger partial charge in [0.2, 0.25) is 5.91 Å². The molecular weight excluding hydrogens is 366 g/mol. The van der Waals surface area contributed by atoms with Crippen molar-refractivity contribution in [3.05, 3.63) is 40.9 Å². The Bertz CT molecular complexity index is 959. The molecule has 4 rings (SSSR count). The molecule has 0 unspecified atom stereocenters. The van der Waals surface area contributed by atoms with Crippen LogP contribution < -0.4 is 0 Å². The maximum Gasteiger partial charge on any atom is 0.293 e. The van der Waals surface area contributed by atoms with Gasteiger partial charge in [0.1, 0.15) is 6.54 Å². The van der Waals surface area contributed by atoms with Crippen LogP contribution in [0.2, 0.25) is 0 Å². The van der Waals surface area contributed by atoms with Crippen molar-refractivity contribution >= 4 is 45.8 Å². The van der Waals surface area contributed by atoms with Gasteiger partial charge in [-0.2, -0.15) is 0 Å². The van der Waals surface area contributed by atoms with E-state index in [1.165, 1.54) is 7.05 Å². The fraction of sp³-hybridized carbons (Fsp3) is 0.316. The van der Waals surface area contributed by atoms with E-state index >= 15 is 0 Å². The number of imide groups is 1. The number of ether oxygens (including phenoxy) is 1. The van der Waals surface area contributed by atoms with Gasteiger partial charge in [-0.05, 0) is 23.9 Å². The van der Waals surface area contributed by atoms with Crippen LogP contribution >= 0.6 is 11.8 Å². The zero-order chi connectivity index (χ0) is 19.0. The maximum absolute atomic E-state index is 12.6. The van der Waals surface area contributed by atoms with E-state index in [0.717, 1.165) is 33.1 Å². The number of benzene rings is 1. The molecule has 8 heteroatoms. The highest BCUT2D eigenvalue weighted by Crippen LogP contribution is 2.33. The molecule has 0 aliphatic carbocycles. The van der Waals surface area contributed by atoms with Crippen molar-refractivity contribution in [2.24, 2.45) is 0 Å². The first-order valence-electron chi connectivity index (χ1n) is 8.69. The van der Waals surface area contributed by atoms with Crippen LogP contribution in [0.25, 0.3) is 17.0 Å². The van der Waals surface area contributed by atoms with Crippen molar-refractivity contribution < 1.29 is 19.1 Å². The summed E-state index contributed by atoms with van der Waals surface area (Å²) < 4.78 is 7.20. The van der Waals surface area contributed by atoms with Crippen molar-refractivity contribution in [3.63, 3.8) is 0 Å². The van der Waals surface area contributed by atoms with Gasteiger partial charge in [-0.25, -0.2) is 0 Å². The minimum atomic E-state index is -0.300. The Labute approximate surface area is 160 Å². The van der Waals surface area contributed by atoms with E-state index < -0.39 is 0 Å². The number of fused-ring (bicyclic) bond motifs is 1. The molecule has 0 radical (unpaired) electrons. The number of para-hydroxylation sites is 1. The smallest absolute Gasteiger partial charge is 0.293 e. The lowest BCUT2D eigenvalue weighted by Gasteiger charge is -2.27. The van der Waals surface area contributed by atoms with Gasteiger partial charge in [0.05, 0.1) is 18.1 Å². The fourth-order valence-electron chi connectivity index (χ4n) is 3.27. The number of morpholine rings is 1. The molecule has 2 aromatic rings. The third kappa shape index (κ3) is 3.38. The van der Waals surface area contributed by atoms with Gasteiger partial charge < -0.3 is 14.2 Å². The van der Waals surface area contributed by atoms with Gasteiger partial charge in [0, 0.05) is 42.8 Å². The first kappa shape index (κ1) is 17.8. The monoisotopic (exact) mass is 385 g/mol. The summed E-state index contributed by atoms with van der Waals surface area (Å²) in [6, 6.07) is 7.74. The van der Waals surface area contributed by atoms with Gasteiger partial charge in [-0.1, -0.05) is 18.2 Å². The van der Waals surface area contributed by atoms with Crippen LogP contribution in [0.5, 0.6) is 0 Å². The van der Waals surface area contributed by atoms with Gasteiger partial charge in [0.15, 0.2) is 0 Å². The molecule has 3 amide bonds. The zero-order valence-corrected chi connectivity index (χ0v) is 15.7. The summed E-state index contributed by atoms with van der Waals surface area (Å²) in [5.74, 6) is -0.259. The number of thioether (sulfide) groups is 1. The van der Waals surface area contributed by atoms with E-state index in [-0.39, 0.29) is 23.6 Å². The normalized spacial score (nSPS) is 19.5. The van der Waals surface area contributed by atoms with Crippen LogP contribution in [-0.4, -0.2) is 64.8 Å². The molecule has 0 saturated carbocycles. The van der Waals surface area contributed by atoms with E-state index in [4.69, 9.17) is 4.74 Å². The Balaban J connectivity index is 1.66. The van der Waals surface area contributed by atoms with Crippen LogP contribution in [-0.2, 0) is 20.9 Å². The summed E-state index contributed by atoms with van der Waals surface area (Å²) in [6.45, 7) is 2.57. The Morgan fingerprint density at radius 1 is 1.22 bits per heavy atom. The first-order chi connectivity index (χ1) is 13.0. The lowest BCUT2D eigenvalue weighted by Crippen LogP contribution is -2.42. The van der Waals surface area contributed by atoms with Crippen LogP contribution in [0.1, 0.15) is 5.56 Å². The van der Waals surface area contributed by atoms with Crippen LogP contribution in [0, 0.1) is 0 Å². The highest BCUT2D eigenvalue weighted by atomic mass is 32.2. The summed E-state index contributed by atoms with van der Waals surface area (Å²) >= 11 is 0.931. The van der Waals surface area contributed by atoms with E-state index in [0.29, 0.717) is 31.2 Å². The van der Waals surface area contributed by atoms with Crippen LogP contribution in [0.4, 0.5) is 4.79 Å². The summed E-state index contributed by atoms with van der Waals surface area (Å²) in [7, 11) is 1.47. The molecule has 0 bridgehead atoms. The number of nitrogens with zero attached hydrogens (tertiary/aromatic N) is 3. The average Bonchev–Trinajstić information content (AvgIpc) is 3.15. The predicted molar refractivity (Wildman–Crippen MR) is 103 cm³/mol. The number of carbonyl (C=O) groups is 3. The number of hydrogen-bond donors (Lipinski definition) is 0. The van der Waals surface area contributed by atoms with Gasteiger partial charge in [-0.3, -0.25) is 19.3 Å². The quantitative estimate of drug-likeness (QED) is 0.758. The molecule has 27 heavy (non-hydrogen) atoms. The second-order valence-electron chi connectivity index (χ2n) is 6.46. The van der Waals surface area contributed by atoms with E-state index in [2.05, 4.69) is 0 Å². The van der Waals surface area contributed by atoms with E-state index in [1.807, 2.05) is 35.0 Å². The van der Waals surface area contributed by atoms with E-state index in [1.54, 1.807) is 11.0 Å². The van der Waals surface area contributed by atoms with Gasteiger partial charge in [0.25, 0.3) is 11.1 Å². The van der Waals surface area contributed by atoms with Crippen LogP contribution in [0.15, 0.2) is 35.4 Å². The zero-order valence-electron chi connectivity index (χ0n) is 14.9. The molecule has 2 fully saturated rings. The molecule has 1 aromatic carbocycles. The molecule has 2 saturated heterocycles. The number of hydrogen-bond acceptors (Lipinski definition) is 5. The first-order valence-corrected chi connectivity index (χ1v) is 9.51. The topological polar surface area (TPSA) is 71.8 Å². The molecule has 0 atom stereocenters. The second-order valence-corrected chi connectivity index (χ2v) is 7.46. The lowest BCUT2D eigenvalue weighted by molar-refractivity contribution is -0.135. The van der Waals surface area contributed by atoms with E-state index in [9.17, 15) is 14.4 Å². The van der Waals surface area contributed by atoms with Crippen molar-refractivity contribution in [1.29, 1.82) is 0 Å². The summed E-state index contributed by atoms with van der Waals surface area (Å²) in [5.41, 5.74) is 1.74. The number of carbonyl (C=O) groups excluding carboxylic acids is 3. The molecule has 0 spiro atoms. The van der Waals surface area contributed by atoms with Gasteiger partial charge >= 0.3 is 0 Å². The molecule has 1 aromatic heterocycles. The predicted octanol–water partition coefficient (Wildman–Crippen LogP) is 2.17. The Hall–Kier alpha value is -2.58.